The van der Waals surface area contributed by atoms with Crippen molar-refractivity contribution >= 4 is 40.7 Å². The molecule has 5 nitrogen and oxygen atoms in total. The maximum atomic E-state index is 12.1. The first kappa shape index (κ1) is 16.1. The van der Waals surface area contributed by atoms with E-state index in [2.05, 4.69) is 5.32 Å². The Labute approximate surface area is 132 Å². The van der Waals surface area contributed by atoms with Crippen LogP contribution in [0.4, 0.5) is 5.69 Å². The zero-order valence-electron chi connectivity index (χ0n) is 11.3. The number of benzene rings is 1. The van der Waals surface area contributed by atoms with Crippen LogP contribution in [-0.4, -0.2) is 41.5 Å². The molecule has 21 heavy (non-hydrogen) atoms. The SMILES string of the molecule is O=C(Nc1cc(Cl)cc(Cl)c1)C(=O)N1CCCC(CO)C1. The number of aliphatic hydroxyl groups is 1. The number of piperidine rings is 1. The minimum Gasteiger partial charge on any atom is -0.396 e. The van der Waals surface area contributed by atoms with Gasteiger partial charge in [-0.25, -0.2) is 0 Å². The number of hydrogen-bond acceptors (Lipinski definition) is 3. The summed E-state index contributed by atoms with van der Waals surface area (Å²) in [4.78, 5) is 25.5. The third-order valence-electron chi connectivity index (χ3n) is 3.38. The second-order valence-corrected chi connectivity index (χ2v) is 5.93. The normalized spacial score (nSPS) is 18.4. The minimum atomic E-state index is -0.730. The molecule has 0 radical (unpaired) electrons. The summed E-state index contributed by atoms with van der Waals surface area (Å²) in [5.41, 5.74) is 0.376. The molecule has 0 spiro atoms. The summed E-state index contributed by atoms with van der Waals surface area (Å²) in [6.07, 6.45) is 1.65. The lowest BCUT2D eigenvalue weighted by Gasteiger charge is -2.31. The summed E-state index contributed by atoms with van der Waals surface area (Å²) in [6, 6.07) is 4.58. The van der Waals surface area contributed by atoms with Crippen LogP contribution in [0.15, 0.2) is 18.2 Å². The molecule has 2 amide bonds. The molecule has 0 bridgehead atoms. The average Bonchev–Trinajstić information content (AvgIpc) is 2.45. The average molecular weight is 331 g/mol. The van der Waals surface area contributed by atoms with Gasteiger partial charge in [-0.05, 0) is 37.0 Å². The van der Waals surface area contributed by atoms with Crippen LogP contribution in [0.1, 0.15) is 12.8 Å². The highest BCUT2D eigenvalue weighted by molar-refractivity contribution is 6.40. The van der Waals surface area contributed by atoms with Crippen LogP contribution in [0.25, 0.3) is 0 Å². The molecular weight excluding hydrogens is 315 g/mol. The van der Waals surface area contributed by atoms with Crippen LogP contribution < -0.4 is 5.32 Å². The van der Waals surface area contributed by atoms with Crippen molar-refractivity contribution in [2.45, 2.75) is 12.8 Å². The molecule has 1 unspecified atom stereocenters. The molecule has 1 aromatic rings. The van der Waals surface area contributed by atoms with Crippen LogP contribution >= 0.6 is 23.2 Å². The zero-order valence-corrected chi connectivity index (χ0v) is 12.8. The van der Waals surface area contributed by atoms with Crippen molar-refractivity contribution in [3.8, 4) is 0 Å². The summed E-state index contributed by atoms with van der Waals surface area (Å²) >= 11 is 11.7. The van der Waals surface area contributed by atoms with Gasteiger partial charge in [0.05, 0.1) is 0 Å². The van der Waals surface area contributed by atoms with E-state index in [1.54, 1.807) is 0 Å². The first-order valence-corrected chi connectivity index (χ1v) is 7.42. The molecule has 0 aromatic heterocycles. The summed E-state index contributed by atoms with van der Waals surface area (Å²) in [5, 5.41) is 12.4. The molecule has 7 heteroatoms. The van der Waals surface area contributed by atoms with Gasteiger partial charge >= 0.3 is 11.8 Å². The van der Waals surface area contributed by atoms with E-state index in [0.29, 0.717) is 28.8 Å². The van der Waals surface area contributed by atoms with E-state index >= 15 is 0 Å². The lowest BCUT2D eigenvalue weighted by atomic mass is 9.99. The third kappa shape index (κ3) is 4.33. The van der Waals surface area contributed by atoms with Crippen LogP contribution in [0, 0.1) is 5.92 Å². The number of hydrogen-bond donors (Lipinski definition) is 2. The monoisotopic (exact) mass is 330 g/mol. The number of carbonyl (C=O) groups excluding carboxylic acids is 2. The molecule has 1 aliphatic rings. The highest BCUT2D eigenvalue weighted by Gasteiger charge is 2.27. The Bertz CT molecular complexity index is 531. The van der Waals surface area contributed by atoms with Crippen LogP contribution in [0.3, 0.4) is 0 Å². The largest absolute Gasteiger partial charge is 0.396 e. The fourth-order valence-electron chi connectivity index (χ4n) is 2.35. The van der Waals surface area contributed by atoms with E-state index in [4.69, 9.17) is 28.3 Å². The lowest BCUT2D eigenvalue weighted by molar-refractivity contribution is -0.144. The topological polar surface area (TPSA) is 69.6 Å². The molecule has 0 aliphatic carbocycles. The second-order valence-electron chi connectivity index (χ2n) is 5.05. The Morgan fingerprint density at radius 1 is 1.29 bits per heavy atom. The van der Waals surface area contributed by atoms with Crippen molar-refractivity contribution in [2.24, 2.45) is 5.92 Å². The molecule has 1 heterocycles. The van der Waals surface area contributed by atoms with E-state index in [1.807, 2.05) is 0 Å². The Balaban J connectivity index is 2.00. The Kier molecular flexibility index (Phi) is 5.45. The molecule has 1 atom stereocenters. The van der Waals surface area contributed by atoms with Crippen LogP contribution in [0.2, 0.25) is 10.0 Å². The van der Waals surface area contributed by atoms with Gasteiger partial charge in [0.2, 0.25) is 0 Å². The third-order valence-corrected chi connectivity index (χ3v) is 3.82. The predicted molar refractivity (Wildman–Crippen MR) is 81.5 cm³/mol. The van der Waals surface area contributed by atoms with Gasteiger partial charge in [-0.1, -0.05) is 23.2 Å². The quantitative estimate of drug-likeness (QED) is 0.816. The van der Waals surface area contributed by atoms with Crippen molar-refractivity contribution in [2.75, 3.05) is 25.0 Å². The van der Waals surface area contributed by atoms with Crippen molar-refractivity contribution in [1.82, 2.24) is 4.90 Å². The minimum absolute atomic E-state index is 0.0231. The van der Waals surface area contributed by atoms with E-state index in [9.17, 15) is 9.59 Å². The Morgan fingerprint density at radius 3 is 2.57 bits per heavy atom. The summed E-state index contributed by atoms with van der Waals surface area (Å²) < 4.78 is 0. The number of nitrogens with zero attached hydrogens (tertiary/aromatic N) is 1. The lowest BCUT2D eigenvalue weighted by Crippen LogP contribution is -2.45. The van der Waals surface area contributed by atoms with Gasteiger partial charge in [0, 0.05) is 35.4 Å². The second kappa shape index (κ2) is 7.11. The number of aliphatic hydroxyl groups excluding tert-OH is 1. The molecule has 1 aromatic carbocycles. The van der Waals surface area contributed by atoms with E-state index in [0.717, 1.165) is 12.8 Å². The molecule has 2 rings (SSSR count). The number of carbonyl (C=O) groups is 2. The molecule has 2 N–H and O–H groups in total. The van der Waals surface area contributed by atoms with Gasteiger partial charge < -0.3 is 15.3 Å². The Hall–Kier alpha value is -1.30. The molecule has 1 fully saturated rings. The predicted octanol–water partition coefficient (Wildman–Crippen LogP) is 2.16. The van der Waals surface area contributed by atoms with E-state index in [-0.39, 0.29) is 12.5 Å². The zero-order chi connectivity index (χ0) is 15.4. The summed E-state index contributed by atoms with van der Waals surface area (Å²) in [6.45, 7) is 0.952. The first-order valence-electron chi connectivity index (χ1n) is 6.67. The maximum Gasteiger partial charge on any atom is 0.313 e. The molecule has 1 saturated heterocycles. The molecule has 0 saturated carbocycles. The number of rotatable bonds is 2. The van der Waals surface area contributed by atoms with Crippen molar-refractivity contribution in [1.29, 1.82) is 0 Å². The highest BCUT2D eigenvalue weighted by atomic mass is 35.5. The van der Waals surface area contributed by atoms with Crippen LogP contribution in [-0.2, 0) is 9.59 Å². The summed E-state index contributed by atoms with van der Waals surface area (Å²) in [7, 11) is 0. The van der Waals surface area contributed by atoms with E-state index in [1.165, 1.54) is 23.1 Å². The fraction of sp³-hybridized carbons (Fsp3) is 0.429. The van der Waals surface area contributed by atoms with Gasteiger partial charge in [0.15, 0.2) is 0 Å². The number of likely N-dealkylation sites (tertiary alicyclic amines) is 1. The number of nitrogens with one attached hydrogen (secondary N) is 1. The summed E-state index contributed by atoms with van der Waals surface area (Å²) in [5.74, 6) is -1.30. The first-order chi connectivity index (χ1) is 9.99. The highest BCUT2D eigenvalue weighted by Crippen LogP contribution is 2.22. The van der Waals surface area contributed by atoms with Crippen molar-refractivity contribution < 1.29 is 14.7 Å². The van der Waals surface area contributed by atoms with Crippen LogP contribution in [0.5, 0.6) is 0 Å². The van der Waals surface area contributed by atoms with Gasteiger partial charge in [0.1, 0.15) is 0 Å². The van der Waals surface area contributed by atoms with Gasteiger partial charge in [-0.3, -0.25) is 9.59 Å². The van der Waals surface area contributed by atoms with Crippen molar-refractivity contribution in [3.63, 3.8) is 0 Å². The fourth-order valence-corrected chi connectivity index (χ4v) is 2.88. The Morgan fingerprint density at radius 2 is 1.95 bits per heavy atom. The molecule has 114 valence electrons. The van der Waals surface area contributed by atoms with Gasteiger partial charge in [0.25, 0.3) is 0 Å². The maximum absolute atomic E-state index is 12.1. The smallest absolute Gasteiger partial charge is 0.313 e. The standard InChI is InChI=1S/C14H16Cl2N2O3/c15-10-4-11(16)6-12(5-10)17-13(20)14(21)18-3-1-2-9(7-18)8-19/h4-6,9,19H,1-3,7-8H2,(H,17,20). The molecular formula is C14H16Cl2N2O3. The number of anilines is 1. The van der Waals surface area contributed by atoms with E-state index < -0.39 is 11.8 Å². The number of amides is 2. The molecule has 1 aliphatic heterocycles. The van der Waals surface area contributed by atoms with Crippen molar-refractivity contribution in [3.05, 3.63) is 28.2 Å². The van der Waals surface area contributed by atoms with Gasteiger partial charge in [-0.15, -0.1) is 0 Å². The number of halogens is 2. The van der Waals surface area contributed by atoms with Gasteiger partial charge in [-0.2, -0.15) is 0 Å².